The molecule has 1 aromatic carbocycles. The van der Waals surface area contributed by atoms with Crippen LogP contribution in [0, 0.1) is 17.0 Å². The van der Waals surface area contributed by atoms with Gasteiger partial charge in [0.2, 0.25) is 11.8 Å². The highest BCUT2D eigenvalue weighted by Gasteiger charge is 2.54. The first kappa shape index (κ1) is 17.4. The standard InChI is InChI=1S/C19H23F2N3O2/c20-14-3-2-13(10-15(14)21)11-23-8-1-4-18(16(23)25)7-9-24(12-18)17(26)19(22)5-6-19/h2-3,10H,1,4-9,11-12,22H2. The van der Waals surface area contributed by atoms with Crippen molar-refractivity contribution in [1.82, 2.24) is 9.80 Å². The Kier molecular flexibility index (Phi) is 4.02. The Labute approximate surface area is 151 Å². The minimum Gasteiger partial charge on any atom is -0.340 e. The van der Waals surface area contributed by atoms with E-state index in [-0.39, 0.29) is 18.4 Å². The average Bonchev–Trinajstić information content (AvgIpc) is 3.23. The zero-order valence-corrected chi connectivity index (χ0v) is 14.6. The van der Waals surface area contributed by atoms with Gasteiger partial charge in [-0.25, -0.2) is 8.78 Å². The van der Waals surface area contributed by atoms with Crippen molar-refractivity contribution in [2.45, 2.75) is 44.2 Å². The van der Waals surface area contributed by atoms with Crippen LogP contribution in [0.15, 0.2) is 18.2 Å². The van der Waals surface area contributed by atoms with E-state index < -0.39 is 22.6 Å². The highest BCUT2D eigenvalue weighted by Crippen LogP contribution is 2.43. The molecule has 0 bridgehead atoms. The van der Waals surface area contributed by atoms with Crippen LogP contribution >= 0.6 is 0 Å². The Morgan fingerprint density at radius 2 is 1.88 bits per heavy atom. The van der Waals surface area contributed by atoms with Gasteiger partial charge in [-0.3, -0.25) is 9.59 Å². The molecule has 3 aliphatic rings. The molecule has 2 aliphatic heterocycles. The van der Waals surface area contributed by atoms with E-state index >= 15 is 0 Å². The van der Waals surface area contributed by atoms with Crippen LogP contribution in [0.3, 0.4) is 0 Å². The number of nitrogens with two attached hydrogens (primary N) is 1. The smallest absolute Gasteiger partial charge is 0.242 e. The number of rotatable bonds is 3. The summed E-state index contributed by atoms with van der Waals surface area (Å²) in [5.41, 5.74) is 5.32. The molecule has 2 heterocycles. The van der Waals surface area contributed by atoms with Crippen molar-refractivity contribution >= 4 is 11.8 Å². The lowest BCUT2D eigenvalue weighted by atomic mass is 9.78. The SMILES string of the molecule is NC1(C(=O)N2CCC3(CCCN(Cc4ccc(F)c(F)c4)C3=O)C2)CC1. The van der Waals surface area contributed by atoms with E-state index in [0.29, 0.717) is 44.5 Å². The molecule has 2 N–H and O–H groups in total. The average molecular weight is 363 g/mol. The zero-order valence-electron chi connectivity index (χ0n) is 14.6. The van der Waals surface area contributed by atoms with Gasteiger partial charge < -0.3 is 15.5 Å². The van der Waals surface area contributed by atoms with Crippen molar-refractivity contribution in [3.8, 4) is 0 Å². The summed E-state index contributed by atoms with van der Waals surface area (Å²) in [7, 11) is 0. The number of hydrogen-bond donors (Lipinski definition) is 1. The van der Waals surface area contributed by atoms with E-state index in [9.17, 15) is 18.4 Å². The normalized spacial score (nSPS) is 27.3. The predicted molar refractivity (Wildman–Crippen MR) is 90.8 cm³/mol. The molecule has 2 amide bonds. The van der Waals surface area contributed by atoms with E-state index in [1.807, 2.05) is 0 Å². The Bertz CT molecular complexity index is 765. The Morgan fingerprint density at radius 3 is 2.58 bits per heavy atom. The van der Waals surface area contributed by atoms with Gasteiger partial charge >= 0.3 is 0 Å². The van der Waals surface area contributed by atoms with Crippen LogP contribution in [0.5, 0.6) is 0 Å². The highest BCUT2D eigenvalue weighted by molar-refractivity contribution is 5.91. The van der Waals surface area contributed by atoms with E-state index in [2.05, 4.69) is 0 Å². The van der Waals surface area contributed by atoms with Gasteiger partial charge in [-0.2, -0.15) is 0 Å². The number of benzene rings is 1. The minimum atomic E-state index is -0.906. The zero-order chi connectivity index (χ0) is 18.5. The maximum atomic E-state index is 13.4. The Balaban J connectivity index is 1.47. The molecule has 0 radical (unpaired) electrons. The third kappa shape index (κ3) is 2.88. The molecule has 1 aliphatic carbocycles. The maximum absolute atomic E-state index is 13.4. The van der Waals surface area contributed by atoms with Crippen molar-refractivity contribution in [2.24, 2.45) is 11.1 Å². The van der Waals surface area contributed by atoms with Gasteiger partial charge in [-0.15, -0.1) is 0 Å². The molecule has 1 atom stereocenters. The third-order valence-corrected chi connectivity index (χ3v) is 6.04. The fourth-order valence-corrected chi connectivity index (χ4v) is 4.25. The van der Waals surface area contributed by atoms with Gasteiger partial charge in [-0.05, 0) is 49.8 Å². The topological polar surface area (TPSA) is 66.6 Å². The van der Waals surface area contributed by atoms with Gasteiger partial charge in [0.1, 0.15) is 0 Å². The van der Waals surface area contributed by atoms with Gasteiger partial charge in [0, 0.05) is 26.2 Å². The van der Waals surface area contributed by atoms with Crippen LogP contribution in [0.25, 0.3) is 0 Å². The summed E-state index contributed by atoms with van der Waals surface area (Å²) < 4.78 is 26.6. The number of halogens is 2. The third-order valence-electron chi connectivity index (χ3n) is 6.04. The summed E-state index contributed by atoms with van der Waals surface area (Å²) >= 11 is 0. The molecule has 1 aromatic rings. The lowest BCUT2D eigenvalue weighted by Gasteiger charge is -2.39. The van der Waals surface area contributed by atoms with Crippen LogP contribution in [0.4, 0.5) is 8.78 Å². The number of amides is 2. The largest absolute Gasteiger partial charge is 0.340 e. The number of likely N-dealkylation sites (tertiary alicyclic amines) is 2. The number of hydrogen-bond acceptors (Lipinski definition) is 3. The van der Waals surface area contributed by atoms with Crippen molar-refractivity contribution in [1.29, 1.82) is 0 Å². The maximum Gasteiger partial charge on any atom is 0.242 e. The molecule has 1 spiro atoms. The molecule has 1 unspecified atom stereocenters. The fourth-order valence-electron chi connectivity index (χ4n) is 4.25. The van der Waals surface area contributed by atoms with E-state index in [1.54, 1.807) is 9.80 Å². The van der Waals surface area contributed by atoms with Crippen LogP contribution in [-0.2, 0) is 16.1 Å². The first-order valence-electron chi connectivity index (χ1n) is 9.15. The molecule has 2 saturated heterocycles. The monoisotopic (exact) mass is 363 g/mol. The molecular weight excluding hydrogens is 340 g/mol. The number of nitrogens with zero attached hydrogens (tertiary/aromatic N) is 2. The first-order valence-corrected chi connectivity index (χ1v) is 9.15. The summed E-state index contributed by atoms with van der Waals surface area (Å²) in [5.74, 6) is -1.83. The second kappa shape index (κ2) is 6.01. The summed E-state index contributed by atoms with van der Waals surface area (Å²) in [5, 5.41) is 0. The molecule has 4 rings (SSSR count). The summed E-state index contributed by atoms with van der Waals surface area (Å²) in [4.78, 5) is 29.1. The van der Waals surface area contributed by atoms with Gasteiger partial charge in [0.15, 0.2) is 11.6 Å². The minimum absolute atomic E-state index is 0.00523. The molecule has 140 valence electrons. The van der Waals surface area contributed by atoms with E-state index in [0.717, 1.165) is 25.0 Å². The van der Waals surface area contributed by atoms with Crippen LogP contribution in [-0.4, -0.2) is 46.8 Å². The van der Waals surface area contributed by atoms with Crippen molar-refractivity contribution < 1.29 is 18.4 Å². The van der Waals surface area contributed by atoms with E-state index in [1.165, 1.54) is 6.07 Å². The van der Waals surface area contributed by atoms with Crippen LogP contribution in [0.2, 0.25) is 0 Å². The number of carbonyl (C=O) groups excluding carboxylic acids is 2. The van der Waals surface area contributed by atoms with E-state index in [4.69, 9.17) is 5.73 Å². The van der Waals surface area contributed by atoms with Crippen molar-refractivity contribution in [2.75, 3.05) is 19.6 Å². The molecular formula is C19H23F2N3O2. The van der Waals surface area contributed by atoms with Gasteiger partial charge in [0.25, 0.3) is 0 Å². The lowest BCUT2D eigenvalue weighted by Crippen LogP contribution is -2.51. The van der Waals surface area contributed by atoms with Crippen LogP contribution < -0.4 is 5.73 Å². The van der Waals surface area contributed by atoms with Gasteiger partial charge in [0.05, 0.1) is 11.0 Å². The molecule has 5 nitrogen and oxygen atoms in total. The van der Waals surface area contributed by atoms with Crippen molar-refractivity contribution in [3.63, 3.8) is 0 Å². The number of piperidine rings is 1. The Morgan fingerprint density at radius 1 is 1.12 bits per heavy atom. The molecule has 3 fully saturated rings. The lowest BCUT2D eigenvalue weighted by molar-refractivity contribution is -0.147. The Hall–Kier alpha value is -2.02. The van der Waals surface area contributed by atoms with Gasteiger partial charge in [-0.1, -0.05) is 6.07 Å². The molecule has 7 heteroatoms. The summed E-state index contributed by atoms with van der Waals surface area (Å²) in [6, 6.07) is 3.73. The highest BCUT2D eigenvalue weighted by atomic mass is 19.2. The molecule has 1 saturated carbocycles. The predicted octanol–water partition coefficient (Wildman–Crippen LogP) is 1.80. The summed E-state index contributed by atoms with van der Waals surface area (Å²) in [6.45, 7) is 1.82. The van der Waals surface area contributed by atoms with Crippen LogP contribution in [0.1, 0.15) is 37.7 Å². The fraction of sp³-hybridized carbons (Fsp3) is 0.579. The second-order valence-electron chi connectivity index (χ2n) is 7.99. The second-order valence-corrected chi connectivity index (χ2v) is 7.99. The quantitative estimate of drug-likeness (QED) is 0.891. The molecule has 0 aromatic heterocycles. The first-order chi connectivity index (χ1) is 12.3. The summed E-state index contributed by atoms with van der Waals surface area (Å²) in [6.07, 6.45) is 3.66. The number of carbonyl (C=O) groups is 2. The molecule has 26 heavy (non-hydrogen) atoms. The van der Waals surface area contributed by atoms with Crippen molar-refractivity contribution in [3.05, 3.63) is 35.4 Å².